The molecular weight excluding hydrogens is 398 g/mol. The van der Waals surface area contributed by atoms with Crippen LogP contribution < -0.4 is 5.73 Å². The van der Waals surface area contributed by atoms with Crippen LogP contribution in [0.2, 0.25) is 0 Å². The highest BCUT2D eigenvalue weighted by Crippen LogP contribution is 2.34. The lowest BCUT2D eigenvalue weighted by atomic mass is 10.0. The summed E-state index contributed by atoms with van der Waals surface area (Å²) in [6.45, 7) is 2.07. The number of nitrogen functional groups attached to an aromatic ring is 1. The van der Waals surface area contributed by atoms with Crippen molar-refractivity contribution in [3.05, 3.63) is 88.9 Å². The lowest BCUT2D eigenvalue weighted by molar-refractivity contribution is 1.19. The molecule has 0 radical (unpaired) electrons. The Kier molecular flexibility index (Phi) is 4.73. The molecule has 4 heteroatoms. The first-order chi connectivity index (χ1) is 13.1. The zero-order valence-corrected chi connectivity index (χ0v) is 16.4. The fourth-order valence-electron chi connectivity index (χ4n) is 2.95. The zero-order chi connectivity index (χ0) is 18.8. The second-order valence-corrected chi connectivity index (χ2v) is 7.31. The van der Waals surface area contributed by atoms with Gasteiger partial charge in [0.15, 0.2) is 5.82 Å². The van der Waals surface area contributed by atoms with Crippen LogP contribution in [0.25, 0.3) is 33.9 Å². The van der Waals surface area contributed by atoms with Gasteiger partial charge in [0.05, 0.1) is 17.1 Å². The molecule has 27 heavy (non-hydrogen) atoms. The number of benzene rings is 3. The topological polar surface area (TPSA) is 51.8 Å². The van der Waals surface area contributed by atoms with Crippen LogP contribution in [0, 0.1) is 6.92 Å². The highest BCUT2D eigenvalue weighted by atomic mass is 79.9. The largest absolute Gasteiger partial charge is 0.395 e. The average Bonchev–Trinajstić information content (AvgIpc) is 2.70. The minimum atomic E-state index is 0.584. The van der Waals surface area contributed by atoms with Gasteiger partial charge in [-0.25, -0.2) is 9.97 Å². The Hall–Kier alpha value is -2.98. The molecule has 0 aliphatic carbocycles. The van der Waals surface area contributed by atoms with E-state index in [1.54, 1.807) is 0 Å². The molecule has 0 unspecified atom stereocenters. The Morgan fingerprint density at radius 2 is 1.19 bits per heavy atom. The van der Waals surface area contributed by atoms with Crippen LogP contribution in [0.1, 0.15) is 5.56 Å². The van der Waals surface area contributed by atoms with Gasteiger partial charge in [0.25, 0.3) is 0 Å². The van der Waals surface area contributed by atoms with Gasteiger partial charge in [-0.05, 0) is 19.1 Å². The van der Waals surface area contributed by atoms with Gasteiger partial charge in [-0.2, -0.15) is 0 Å². The summed E-state index contributed by atoms with van der Waals surface area (Å²) in [5.74, 6) is 0.665. The highest BCUT2D eigenvalue weighted by molar-refractivity contribution is 9.10. The van der Waals surface area contributed by atoms with E-state index in [2.05, 4.69) is 35.0 Å². The summed E-state index contributed by atoms with van der Waals surface area (Å²) in [6, 6.07) is 26.2. The van der Waals surface area contributed by atoms with Gasteiger partial charge in [-0.3, -0.25) is 0 Å². The first kappa shape index (κ1) is 17.4. The van der Waals surface area contributed by atoms with Crippen LogP contribution in [0.3, 0.4) is 0 Å². The highest BCUT2D eigenvalue weighted by Gasteiger charge is 2.16. The number of nitrogens with zero attached hydrogens (tertiary/aromatic N) is 2. The van der Waals surface area contributed by atoms with Gasteiger partial charge in [0.2, 0.25) is 0 Å². The van der Waals surface area contributed by atoms with E-state index in [1.165, 1.54) is 5.56 Å². The summed E-state index contributed by atoms with van der Waals surface area (Å²) in [5.41, 5.74) is 12.7. The van der Waals surface area contributed by atoms with Crippen molar-refractivity contribution in [2.75, 3.05) is 5.73 Å². The Balaban J connectivity index is 1.96. The summed E-state index contributed by atoms with van der Waals surface area (Å²) in [6.07, 6.45) is 0. The summed E-state index contributed by atoms with van der Waals surface area (Å²) in [4.78, 5) is 9.60. The number of halogens is 1. The first-order valence-electron chi connectivity index (χ1n) is 8.68. The van der Waals surface area contributed by atoms with E-state index in [0.717, 1.165) is 32.6 Å². The maximum atomic E-state index is 6.53. The third-order valence-electron chi connectivity index (χ3n) is 4.42. The number of nitrogens with two attached hydrogens (primary N) is 1. The Morgan fingerprint density at radius 3 is 1.74 bits per heavy atom. The van der Waals surface area contributed by atoms with E-state index >= 15 is 0 Å². The van der Waals surface area contributed by atoms with Crippen molar-refractivity contribution < 1.29 is 0 Å². The van der Waals surface area contributed by atoms with Crippen molar-refractivity contribution in [3.8, 4) is 33.9 Å². The fourth-order valence-corrected chi connectivity index (χ4v) is 3.21. The van der Waals surface area contributed by atoms with Gasteiger partial charge in [0, 0.05) is 21.2 Å². The van der Waals surface area contributed by atoms with E-state index in [0.29, 0.717) is 11.5 Å². The van der Waals surface area contributed by atoms with Crippen LogP contribution in [0.5, 0.6) is 0 Å². The summed E-state index contributed by atoms with van der Waals surface area (Å²) in [7, 11) is 0. The third kappa shape index (κ3) is 3.62. The normalized spacial score (nSPS) is 10.7. The molecule has 3 aromatic carbocycles. The van der Waals surface area contributed by atoms with Gasteiger partial charge in [-0.1, -0.05) is 88.2 Å². The molecular formula is C23H18BrN3. The van der Waals surface area contributed by atoms with Crippen molar-refractivity contribution >= 4 is 21.6 Å². The van der Waals surface area contributed by atoms with E-state index in [1.807, 2.05) is 66.7 Å². The smallest absolute Gasteiger partial charge is 0.160 e. The maximum Gasteiger partial charge on any atom is 0.160 e. The van der Waals surface area contributed by atoms with Crippen molar-refractivity contribution in [1.82, 2.24) is 9.97 Å². The number of anilines is 1. The summed E-state index contributed by atoms with van der Waals surface area (Å²) in [5, 5.41) is 0. The molecule has 0 bridgehead atoms. The third-order valence-corrected chi connectivity index (χ3v) is 4.95. The fraction of sp³-hybridized carbons (Fsp3) is 0.0435. The molecule has 2 N–H and O–H groups in total. The predicted molar refractivity (Wildman–Crippen MR) is 115 cm³/mol. The molecule has 1 aromatic heterocycles. The maximum absolute atomic E-state index is 6.53. The van der Waals surface area contributed by atoms with Crippen LogP contribution >= 0.6 is 15.9 Å². The van der Waals surface area contributed by atoms with Crippen LogP contribution in [0.15, 0.2) is 83.3 Å². The number of rotatable bonds is 3. The summed E-state index contributed by atoms with van der Waals surface area (Å²) < 4.78 is 1.01. The number of hydrogen-bond acceptors (Lipinski definition) is 3. The first-order valence-corrected chi connectivity index (χ1v) is 9.47. The van der Waals surface area contributed by atoms with Gasteiger partial charge >= 0.3 is 0 Å². The molecule has 0 amide bonds. The molecule has 0 aliphatic heterocycles. The minimum Gasteiger partial charge on any atom is -0.395 e. The zero-order valence-electron chi connectivity index (χ0n) is 14.9. The molecule has 0 spiro atoms. The van der Waals surface area contributed by atoms with Crippen molar-refractivity contribution in [3.63, 3.8) is 0 Å². The van der Waals surface area contributed by atoms with Crippen molar-refractivity contribution in [1.29, 1.82) is 0 Å². The molecule has 1 heterocycles. The Morgan fingerprint density at radius 1 is 0.667 bits per heavy atom. The molecule has 132 valence electrons. The van der Waals surface area contributed by atoms with Crippen molar-refractivity contribution in [2.45, 2.75) is 6.92 Å². The molecule has 0 aliphatic rings. The van der Waals surface area contributed by atoms with Crippen LogP contribution in [-0.2, 0) is 0 Å². The SMILES string of the molecule is Cc1ccc(-c2nc(-c3ccccc3)nc(-c3ccc(Br)cc3)c2N)cc1. The quantitative estimate of drug-likeness (QED) is 0.437. The molecule has 0 saturated heterocycles. The lowest BCUT2D eigenvalue weighted by Crippen LogP contribution is -2.03. The van der Waals surface area contributed by atoms with Crippen LogP contribution in [-0.4, -0.2) is 9.97 Å². The second-order valence-electron chi connectivity index (χ2n) is 6.40. The molecule has 3 nitrogen and oxygen atoms in total. The Labute approximate surface area is 167 Å². The molecule has 0 saturated carbocycles. The molecule has 0 atom stereocenters. The molecule has 0 fully saturated rings. The number of aryl methyl sites for hydroxylation is 1. The number of hydrogen-bond donors (Lipinski definition) is 1. The Bertz CT molecular complexity index is 1010. The number of aromatic nitrogens is 2. The van der Waals surface area contributed by atoms with E-state index in [4.69, 9.17) is 15.7 Å². The van der Waals surface area contributed by atoms with Gasteiger partial charge < -0.3 is 5.73 Å². The van der Waals surface area contributed by atoms with E-state index in [9.17, 15) is 0 Å². The lowest BCUT2D eigenvalue weighted by Gasteiger charge is -2.13. The van der Waals surface area contributed by atoms with Gasteiger partial charge in [0.1, 0.15) is 0 Å². The van der Waals surface area contributed by atoms with E-state index in [-0.39, 0.29) is 0 Å². The van der Waals surface area contributed by atoms with Crippen LogP contribution in [0.4, 0.5) is 5.69 Å². The van der Waals surface area contributed by atoms with Crippen molar-refractivity contribution in [2.24, 2.45) is 0 Å². The van der Waals surface area contributed by atoms with Gasteiger partial charge in [-0.15, -0.1) is 0 Å². The average molecular weight is 416 g/mol. The predicted octanol–water partition coefficient (Wildman–Crippen LogP) is 6.13. The summed E-state index contributed by atoms with van der Waals surface area (Å²) >= 11 is 3.48. The molecule has 4 aromatic rings. The molecule has 4 rings (SSSR count). The van der Waals surface area contributed by atoms with E-state index < -0.39 is 0 Å². The second kappa shape index (κ2) is 7.33. The monoisotopic (exact) mass is 415 g/mol. The standard InChI is InChI=1S/C23H18BrN3/c1-15-7-9-16(10-8-15)21-20(25)22(17-11-13-19(24)14-12-17)27-23(26-21)18-5-3-2-4-6-18/h2-14H,25H2,1H3. The minimum absolute atomic E-state index is 0.584.